The van der Waals surface area contributed by atoms with Crippen molar-refractivity contribution in [1.29, 1.82) is 0 Å². The smallest absolute Gasteiger partial charge is 0.388 e. The lowest BCUT2D eigenvalue weighted by molar-refractivity contribution is -0.137. The fourth-order valence-electron chi connectivity index (χ4n) is 3.55. The van der Waals surface area contributed by atoms with E-state index in [4.69, 9.17) is 4.74 Å². The lowest BCUT2D eigenvalue weighted by atomic mass is 10.1. The molecule has 2 aliphatic rings. The molecule has 9 heteroatoms. The molecular weight excluding hydrogens is 363 g/mol. The summed E-state index contributed by atoms with van der Waals surface area (Å²) in [6.45, 7) is 4.70. The average molecular weight is 387 g/mol. The van der Waals surface area contributed by atoms with Gasteiger partial charge in [0.05, 0.1) is 24.3 Å². The van der Waals surface area contributed by atoms with Gasteiger partial charge < -0.3 is 20.1 Å². The Morgan fingerprint density at radius 2 is 2.00 bits per heavy atom. The van der Waals surface area contributed by atoms with Crippen molar-refractivity contribution in [3.05, 3.63) is 29.8 Å². The monoisotopic (exact) mass is 387 g/mol. The van der Waals surface area contributed by atoms with Crippen LogP contribution in [0.2, 0.25) is 0 Å². The third-order valence-corrected chi connectivity index (χ3v) is 5.02. The number of amides is 1. The van der Waals surface area contributed by atoms with Gasteiger partial charge in [-0.15, -0.1) is 0 Å². The first-order valence-electron chi connectivity index (χ1n) is 8.95. The van der Waals surface area contributed by atoms with Gasteiger partial charge in [-0.3, -0.25) is 9.69 Å². The summed E-state index contributed by atoms with van der Waals surface area (Å²) in [5.74, 6) is -0.210. The number of hydrogen-bond acceptors (Lipinski definition) is 5. The maximum Gasteiger partial charge on any atom is 0.416 e. The van der Waals surface area contributed by atoms with Gasteiger partial charge in [-0.25, -0.2) is 0 Å². The Labute approximate surface area is 155 Å². The summed E-state index contributed by atoms with van der Waals surface area (Å²) in [7, 11) is 0. The molecule has 3 atom stereocenters. The number of aliphatic hydroxyl groups is 1. The third-order valence-electron chi connectivity index (χ3n) is 5.02. The van der Waals surface area contributed by atoms with Gasteiger partial charge in [0.25, 0.3) is 0 Å². The Morgan fingerprint density at radius 3 is 2.63 bits per heavy atom. The zero-order valence-electron chi connectivity index (χ0n) is 15.1. The number of nitrogens with one attached hydrogen (secondary N) is 1. The second-order valence-electron chi connectivity index (χ2n) is 7.01. The van der Waals surface area contributed by atoms with Gasteiger partial charge in [-0.2, -0.15) is 13.2 Å². The Hall–Kier alpha value is -1.84. The highest BCUT2D eigenvalue weighted by molar-refractivity contribution is 5.73. The molecule has 3 rings (SSSR count). The van der Waals surface area contributed by atoms with Crippen LogP contribution in [-0.4, -0.2) is 73.5 Å². The summed E-state index contributed by atoms with van der Waals surface area (Å²) in [5.41, 5.74) is -0.0822. The zero-order valence-corrected chi connectivity index (χ0v) is 15.1. The van der Waals surface area contributed by atoms with Gasteiger partial charge in [-0.1, -0.05) is 6.07 Å². The summed E-state index contributed by atoms with van der Waals surface area (Å²) in [4.78, 5) is 15.2. The van der Waals surface area contributed by atoms with Crippen molar-refractivity contribution in [2.24, 2.45) is 0 Å². The van der Waals surface area contributed by atoms with Gasteiger partial charge >= 0.3 is 6.18 Å². The number of piperazine rings is 1. The molecule has 0 saturated carbocycles. The van der Waals surface area contributed by atoms with Crippen LogP contribution in [0.5, 0.6) is 0 Å². The number of carbonyl (C=O) groups is 1. The number of hydrogen-bond donors (Lipinski definition) is 2. The minimum atomic E-state index is -4.35. The van der Waals surface area contributed by atoms with Crippen LogP contribution in [0.1, 0.15) is 12.5 Å². The molecule has 0 unspecified atom stereocenters. The largest absolute Gasteiger partial charge is 0.416 e. The van der Waals surface area contributed by atoms with Crippen LogP contribution in [0.4, 0.5) is 18.9 Å². The summed E-state index contributed by atoms with van der Waals surface area (Å²) in [6.07, 6.45) is -5.50. The Morgan fingerprint density at radius 1 is 1.30 bits per heavy atom. The van der Waals surface area contributed by atoms with E-state index in [-0.39, 0.29) is 18.6 Å². The van der Waals surface area contributed by atoms with E-state index in [0.717, 1.165) is 6.07 Å². The van der Waals surface area contributed by atoms with Gasteiger partial charge in [0.2, 0.25) is 5.91 Å². The highest BCUT2D eigenvalue weighted by Gasteiger charge is 2.37. The minimum Gasteiger partial charge on any atom is -0.388 e. The molecule has 6 nitrogen and oxygen atoms in total. The fraction of sp³-hybridized carbons (Fsp3) is 0.611. The molecule has 1 amide bonds. The van der Waals surface area contributed by atoms with E-state index in [1.54, 1.807) is 6.07 Å². The predicted molar refractivity (Wildman–Crippen MR) is 93.4 cm³/mol. The molecule has 2 aliphatic heterocycles. The standard InChI is InChI=1S/C18H24F3N3O3/c1-12(25)22-15-11-27-16(17(15)26)10-23-5-7-24(8-6-23)14-4-2-3-13(9-14)18(19,20)21/h2-4,9,15-17,26H,5-8,10-11H2,1H3,(H,22,25)/t15-,16-,17+/m0/s1. The molecule has 1 aromatic carbocycles. The highest BCUT2D eigenvalue weighted by Crippen LogP contribution is 2.32. The summed E-state index contributed by atoms with van der Waals surface area (Å²) < 4.78 is 44.2. The van der Waals surface area contributed by atoms with Crippen molar-refractivity contribution < 1.29 is 27.8 Å². The van der Waals surface area contributed by atoms with Crippen molar-refractivity contribution in [2.75, 3.05) is 44.2 Å². The number of halogens is 3. The van der Waals surface area contributed by atoms with E-state index >= 15 is 0 Å². The molecule has 0 radical (unpaired) electrons. The molecule has 0 aliphatic carbocycles. The summed E-state index contributed by atoms with van der Waals surface area (Å²) in [6, 6.07) is 4.96. The van der Waals surface area contributed by atoms with Crippen molar-refractivity contribution in [3.8, 4) is 0 Å². The Bertz CT molecular complexity index is 663. The molecule has 0 bridgehead atoms. The van der Waals surface area contributed by atoms with Crippen molar-refractivity contribution in [3.63, 3.8) is 0 Å². The van der Waals surface area contributed by atoms with Crippen LogP contribution in [0.25, 0.3) is 0 Å². The third kappa shape index (κ3) is 4.91. The number of benzene rings is 1. The van der Waals surface area contributed by atoms with E-state index in [2.05, 4.69) is 10.2 Å². The molecule has 0 aromatic heterocycles. The number of nitrogens with zero attached hydrogens (tertiary/aromatic N) is 2. The maximum atomic E-state index is 12.9. The number of aliphatic hydroxyl groups excluding tert-OH is 1. The number of carbonyl (C=O) groups excluding carboxylic acids is 1. The summed E-state index contributed by atoms with van der Waals surface area (Å²) >= 11 is 0. The Kier molecular flexibility index (Phi) is 5.92. The first-order valence-corrected chi connectivity index (χ1v) is 8.95. The van der Waals surface area contributed by atoms with Gasteiger partial charge in [0.1, 0.15) is 6.10 Å². The highest BCUT2D eigenvalue weighted by atomic mass is 19.4. The predicted octanol–water partition coefficient (Wildman–Crippen LogP) is 1.09. The van der Waals surface area contributed by atoms with E-state index in [9.17, 15) is 23.1 Å². The maximum absolute atomic E-state index is 12.9. The normalized spacial score (nSPS) is 27.0. The van der Waals surface area contributed by atoms with E-state index < -0.39 is 23.9 Å². The number of alkyl halides is 3. The van der Waals surface area contributed by atoms with Crippen LogP contribution in [-0.2, 0) is 15.7 Å². The molecular formula is C18H24F3N3O3. The summed E-state index contributed by atoms with van der Waals surface area (Å²) in [5, 5.41) is 13.0. The number of rotatable bonds is 4. The van der Waals surface area contributed by atoms with Crippen LogP contribution in [0, 0.1) is 0 Å². The molecule has 2 N–H and O–H groups in total. The van der Waals surface area contributed by atoms with Crippen LogP contribution < -0.4 is 10.2 Å². The van der Waals surface area contributed by atoms with E-state index in [1.807, 2.05) is 4.90 Å². The number of anilines is 1. The van der Waals surface area contributed by atoms with Crippen molar-refractivity contribution in [2.45, 2.75) is 31.3 Å². The average Bonchev–Trinajstić information content (AvgIpc) is 2.94. The van der Waals surface area contributed by atoms with Crippen molar-refractivity contribution >= 4 is 11.6 Å². The molecule has 1 aromatic rings. The molecule has 27 heavy (non-hydrogen) atoms. The lowest BCUT2D eigenvalue weighted by Crippen LogP contribution is -2.51. The zero-order chi connectivity index (χ0) is 19.6. The van der Waals surface area contributed by atoms with Crippen LogP contribution in [0.3, 0.4) is 0 Å². The van der Waals surface area contributed by atoms with E-state index in [1.165, 1.54) is 19.1 Å². The van der Waals surface area contributed by atoms with Crippen molar-refractivity contribution in [1.82, 2.24) is 10.2 Å². The molecule has 2 saturated heterocycles. The lowest BCUT2D eigenvalue weighted by Gasteiger charge is -2.37. The van der Waals surface area contributed by atoms with Gasteiger partial charge in [0.15, 0.2) is 0 Å². The quantitative estimate of drug-likeness (QED) is 0.810. The van der Waals surface area contributed by atoms with Gasteiger partial charge in [0, 0.05) is 45.3 Å². The molecule has 150 valence electrons. The second kappa shape index (κ2) is 8.04. The molecule has 2 fully saturated rings. The Balaban J connectivity index is 1.52. The SMILES string of the molecule is CC(=O)N[C@H]1CO[C@@H](CN2CCN(c3cccc(C(F)(F)F)c3)CC2)[C@@H]1O. The topological polar surface area (TPSA) is 65.0 Å². The molecule has 0 spiro atoms. The first kappa shape index (κ1) is 19.9. The van der Waals surface area contributed by atoms with Gasteiger partial charge in [-0.05, 0) is 18.2 Å². The fourth-order valence-corrected chi connectivity index (χ4v) is 3.55. The number of ether oxygens (including phenoxy) is 1. The van der Waals surface area contributed by atoms with E-state index in [0.29, 0.717) is 38.4 Å². The first-order chi connectivity index (χ1) is 12.7. The second-order valence-corrected chi connectivity index (χ2v) is 7.01. The molecule has 2 heterocycles. The van der Waals surface area contributed by atoms with Crippen LogP contribution >= 0.6 is 0 Å². The minimum absolute atomic E-state index is 0.210. The van der Waals surface area contributed by atoms with Crippen LogP contribution in [0.15, 0.2) is 24.3 Å².